The first-order chi connectivity index (χ1) is 10.9. The Labute approximate surface area is 143 Å². The molecule has 1 aliphatic heterocycles. The molecule has 2 heterocycles. The Bertz CT molecular complexity index is 496. The van der Waals surface area contributed by atoms with Gasteiger partial charge in [0.05, 0.1) is 23.2 Å². The summed E-state index contributed by atoms with van der Waals surface area (Å²) < 4.78 is 0. The van der Waals surface area contributed by atoms with Crippen LogP contribution in [0.25, 0.3) is 0 Å². The number of rotatable bonds is 7. The normalized spacial score (nSPS) is 18.3. The average molecular weight is 340 g/mol. The molecule has 1 aromatic heterocycles. The number of nitrogens with one attached hydrogen (secondary N) is 1. The summed E-state index contributed by atoms with van der Waals surface area (Å²) in [6, 6.07) is 0. The Morgan fingerprint density at radius 2 is 2.17 bits per heavy atom. The highest BCUT2D eigenvalue weighted by atomic mass is 32.1. The number of hydrogen-bond acceptors (Lipinski definition) is 5. The van der Waals surface area contributed by atoms with E-state index in [2.05, 4.69) is 20.6 Å². The molecule has 130 valence electrons. The van der Waals surface area contributed by atoms with E-state index >= 15 is 0 Å². The highest BCUT2D eigenvalue weighted by molar-refractivity contribution is 7.09. The van der Waals surface area contributed by atoms with Crippen LogP contribution in [-0.2, 0) is 11.3 Å². The Kier molecular flexibility index (Phi) is 6.99. The van der Waals surface area contributed by atoms with Crippen molar-refractivity contribution in [2.45, 2.75) is 52.7 Å². The molecule has 0 spiro atoms. The van der Waals surface area contributed by atoms with Crippen LogP contribution >= 0.6 is 11.3 Å². The third-order valence-electron chi connectivity index (χ3n) is 4.51. The maximum atomic E-state index is 11.8. The lowest BCUT2D eigenvalue weighted by Gasteiger charge is -2.31. The van der Waals surface area contributed by atoms with Crippen LogP contribution in [0.4, 0.5) is 0 Å². The number of aromatic nitrogens is 1. The summed E-state index contributed by atoms with van der Waals surface area (Å²) in [7, 11) is 0. The van der Waals surface area contributed by atoms with E-state index in [9.17, 15) is 9.90 Å². The smallest absolute Gasteiger partial charge is 0.222 e. The summed E-state index contributed by atoms with van der Waals surface area (Å²) in [6.45, 7) is 9.68. The van der Waals surface area contributed by atoms with Gasteiger partial charge in [0.1, 0.15) is 0 Å². The van der Waals surface area contributed by atoms with Gasteiger partial charge in [-0.25, -0.2) is 4.98 Å². The van der Waals surface area contributed by atoms with Crippen LogP contribution in [0.1, 0.15) is 43.8 Å². The summed E-state index contributed by atoms with van der Waals surface area (Å²) in [5.74, 6) is 0.633. The van der Waals surface area contributed by atoms with Crippen molar-refractivity contribution in [1.29, 1.82) is 0 Å². The summed E-state index contributed by atoms with van der Waals surface area (Å²) in [5, 5.41) is 16.0. The molecule has 1 fully saturated rings. The largest absolute Gasteiger partial charge is 0.392 e. The molecule has 2 N–H and O–H groups in total. The molecule has 1 saturated heterocycles. The lowest BCUT2D eigenvalue weighted by atomic mass is 9.96. The Hall–Kier alpha value is -0.980. The summed E-state index contributed by atoms with van der Waals surface area (Å²) in [5.41, 5.74) is 1.17. The van der Waals surface area contributed by atoms with Crippen LogP contribution in [0.3, 0.4) is 0 Å². The van der Waals surface area contributed by atoms with E-state index in [0.717, 1.165) is 44.0 Å². The van der Waals surface area contributed by atoms with Crippen molar-refractivity contribution in [2.75, 3.05) is 19.6 Å². The number of piperidine rings is 1. The lowest BCUT2D eigenvalue weighted by molar-refractivity contribution is -0.123. The average Bonchev–Trinajstić information content (AvgIpc) is 2.91. The minimum atomic E-state index is -0.543. The zero-order valence-electron chi connectivity index (χ0n) is 14.4. The molecular formula is C17H29N3O2S. The van der Waals surface area contributed by atoms with Gasteiger partial charge in [-0.2, -0.15) is 0 Å². The topological polar surface area (TPSA) is 65.5 Å². The van der Waals surface area contributed by atoms with Gasteiger partial charge in [-0.15, -0.1) is 11.3 Å². The molecule has 5 nitrogen and oxygen atoms in total. The maximum Gasteiger partial charge on any atom is 0.222 e. The number of thiazole rings is 1. The molecule has 2 rings (SSSR count). The monoisotopic (exact) mass is 339 g/mol. The van der Waals surface area contributed by atoms with E-state index in [1.807, 2.05) is 20.8 Å². The van der Waals surface area contributed by atoms with Gasteiger partial charge in [0.25, 0.3) is 0 Å². The molecule has 1 unspecified atom stereocenters. The number of amides is 1. The minimum Gasteiger partial charge on any atom is -0.392 e. The third kappa shape index (κ3) is 6.20. The van der Waals surface area contributed by atoms with Crippen molar-refractivity contribution in [3.05, 3.63) is 16.1 Å². The maximum absolute atomic E-state index is 11.8. The van der Waals surface area contributed by atoms with Gasteiger partial charge < -0.3 is 10.4 Å². The van der Waals surface area contributed by atoms with E-state index in [1.54, 1.807) is 11.3 Å². The fourth-order valence-corrected chi connectivity index (χ4v) is 3.42. The van der Waals surface area contributed by atoms with Crippen LogP contribution < -0.4 is 5.32 Å². The Balaban J connectivity index is 1.64. The number of carbonyl (C=O) groups excluding carboxylic acids is 1. The lowest BCUT2D eigenvalue weighted by Crippen LogP contribution is -2.39. The fraction of sp³-hybridized carbons (Fsp3) is 0.765. The van der Waals surface area contributed by atoms with Gasteiger partial charge >= 0.3 is 0 Å². The van der Waals surface area contributed by atoms with E-state index in [1.165, 1.54) is 5.69 Å². The minimum absolute atomic E-state index is 0.0356. The van der Waals surface area contributed by atoms with Crippen LogP contribution in [0, 0.1) is 18.8 Å². The number of carbonyl (C=O) groups is 1. The van der Waals surface area contributed by atoms with E-state index < -0.39 is 6.10 Å². The highest BCUT2D eigenvalue weighted by Gasteiger charge is 2.21. The van der Waals surface area contributed by atoms with Crippen molar-refractivity contribution in [3.8, 4) is 0 Å². The second-order valence-electron chi connectivity index (χ2n) is 6.90. The molecule has 0 radical (unpaired) electrons. The van der Waals surface area contributed by atoms with Gasteiger partial charge in [-0.1, -0.05) is 13.8 Å². The van der Waals surface area contributed by atoms with Crippen molar-refractivity contribution in [3.63, 3.8) is 0 Å². The first-order valence-electron chi connectivity index (χ1n) is 8.52. The van der Waals surface area contributed by atoms with Crippen molar-refractivity contribution >= 4 is 17.2 Å². The number of aryl methyl sites for hydroxylation is 1. The van der Waals surface area contributed by atoms with Crippen LogP contribution in [-0.4, -0.2) is 46.6 Å². The van der Waals surface area contributed by atoms with Crippen LogP contribution in [0.15, 0.2) is 5.38 Å². The summed E-state index contributed by atoms with van der Waals surface area (Å²) in [6.07, 6.45) is 1.88. The molecule has 0 aliphatic carbocycles. The second-order valence-corrected chi connectivity index (χ2v) is 7.96. The van der Waals surface area contributed by atoms with Crippen LogP contribution in [0.5, 0.6) is 0 Å². The van der Waals surface area contributed by atoms with Crippen LogP contribution in [0.2, 0.25) is 0 Å². The van der Waals surface area contributed by atoms with Crippen molar-refractivity contribution in [2.24, 2.45) is 11.8 Å². The van der Waals surface area contributed by atoms with Gasteiger partial charge in [-0.3, -0.25) is 9.69 Å². The number of aliphatic hydroxyl groups excluding tert-OH is 1. The second kappa shape index (κ2) is 8.76. The molecule has 6 heteroatoms. The van der Waals surface area contributed by atoms with Gasteiger partial charge in [0.15, 0.2) is 0 Å². The standard InChI is InChI=1S/C17H29N3O2S/c1-12(2)16(21)8-17(22)18-9-14-4-6-20(7-5-14)10-15-11-23-13(3)19-15/h11-12,14,16,21H,4-10H2,1-3H3,(H,18,22). The summed E-state index contributed by atoms with van der Waals surface area (Å²) in [4.78, 5) is 18.8. The first-order valence-corrected chi connectivity index (χ1v) is 9.40. The zero-order valence-corrected chi connectivity index (χ0v) is 15.2. The predicted octanol–water partition coefficient (Wildman–Crippen LogP) is 2.19. The molecule has 1 atom stereocenters. The molecule has 23 heavy (non-hydrogen) atoms. The Morgan fingerprint density at radius 3 is 2.74 bits per heavy atom. The first kappa shape index (κ1) is 18.4. The number of aliphatic hydroxyl groups is 1. The predicted molar refractivity (Wildman–Crippen MR) is 93.3 cm³/mol. The molecule has 1 aromatic rings. The van der Waals surface area contributed by atoms with E-state index in [4.69, 9.17) is 0 Å². The Morgan fingerprint density at radius 1 is 1.48 bits per heavy atom. The van der Waals surface area contributed by atoms with Gasteiger partial charge in [0.2, 0.25) is 5.91 Å². The number of nitrogens with zero attached hydrogens (tertiary/aromatic N) is 2. The third-order valence-corrected chi connectivity index (χ3v) is 5.33. The summed E-state index contributed by atoms with van der Waals surface area (Å²) >= 11 is 1.71. The molecule has 0 aromatic carbocycles. The molecule has 0 saturated carbocycles. The molecule has 1 aliphatic rings. The fourth-order valence-electron chi connectivity index (χ4n) is 2.81. The van der Waals surface area contributed by atoms with E-state index in [-0.39, 0.29) is 18.2 Å². The quantitative estimate of drug-likeness (QED) is 0.799. The SMILES string of the molecule is Cc1nc(CN2CCC(CNC(=O)CC(O)C(C)C)CC2)cs1. The molecule has 0 bridgehead atoms. The number of hydrogen-bond donors (Lipinski definition) is 2. The number of likely N-dealkylation sites (tertiary alicyclic amines) is 1. The van der Waals surface area contributed by atoms with Gasteiger partial charge in [-0.05, 0) is 44.7 Å². The van der Waals surface area contributed by atoms with Gasteiger partial charge in [0, 0.05) is 18.5 Å². The van der Waals surface area contributed by atoms with Crippen molar-refractivity contribution < 1.29 is 9.90 Å². The molecular weight excluding hydrogens is 310 g/mol. The van der Waals surface area contributed by atoms with Crippen molar-refractivity contribution in [1.82, 2.24) is 15.2 Å². The highest BCUT2D eigenvalue weighted by Crippen LogP contribution is 2.19. The van der Waals surface area contributed by atoms with E-state index in [0.29, 0.717) is 5.92 Å². The molecule has 1 amide bonds. The zero-order chi connectivity index (χ0) is 16.8.